The number of fused-ring (bicyclic) bond motifs is 1. The normalized spacial score (nSPS) is 15.2. The number of methoxy groups -OCH3 is 1. The Kier molecular flexibility index (Phi) is 11.7. The lowest BCUT2D eigenvalue weighted by Crippen LogP contribution is -2.36. The van der Waals surface area contributed by atoms with Gasteiger partial charge in [-0.15, -0.1) is 0 Å². The van der Waals surface area contributed by atoms with Gasteiger partial charge in [0.2, 0.25) is 5.88 Å². The summed E-state index contributed by atoms with van der Waals surface area (Å²) in [5, 5.41) is 17.1. The number of nitrogens with one attached hydrogen (secondary N) is 1. The summed E-state index contributed by atoms with van der Waals surface area (Å²) in [5.41, 5.74) is 1.53. The van der Waals surface area contributed by atoms with E-state index in [9.17, 15) is 31.1 Å². The highest BCUT2D eigenvalue weighted by Crippen LogP contribution is 2.28. The van der Waals surface area contributed by atoms with E-state index < -0.39 is 24.3 Å². The number of hydrogen-bond acceptors (Lipinski definition) is 7. The molecule has 17 heteroatoms. The number of imidazole rings is 1. The number of ether oxygens (including phenoxy) is 1. The molecular weight excluding hydrogens is 544 g/mol. The number of aromatic nitrogens is 3. The summed E-state index contributed by atoms with van der Waals surface area (Å²) in [5.74, 6) is -4.06. The second kappa shape index (κ2) is 13.8. The number of hydrogen-bond donors (Lipinski definition) is 3. The zero-order valence-corrected chi connectivity index (χ0v) is 21.2. The van der Waals surface area contributed by atoms with Gasteiger partial charge in [0.25, 0.3) is 5.91 Å². The molecule has 0 bridgehead atoms. The highest BCUT2D eigenvalue weighted by Gasteiger charge is 2.39. The molecular formula is C22H27F6N5O6. The molecule has 11 nitrogen and oxygen atoms in total. The minimum absolute atomic E-state index is 0.0956. The minimum Gasteiger partial charge on any atom is -0.481 e. The van der Waals surface area contributed by atoms with Crippen molar-refractivity contribution in [1.29, 1.82) is 0 Å². The smallest absolute Gasteiger partial charge is 0.481 e. The first-order chi connectivity index (χ1) is 17.9. The second-order valence-electron chi connectivity index (χ2n) is 8.23. The molecule has 1 aliphatic rings. The molecule has 0 aromatic carbocycles. The number of halogens is 6. The van der Waals surface area contributed by atoms with Crippen molar-refractivity contribution in [3.63, 3.8) is 0 Å². The van der Waals surface area contributed by atoms with E-state index in [2.05, 4.69) is 31.7 Å². The summed E-state index contributed by atoms with van der Waals surface area (Å²) in [6.07, 6.45) is -6.58. The minimum atomic E-state index is -5.08. The van der Waals surface area contributed by atoms with Crippen molar-refractivity contribution in [3.05, 3.63) is 41.6 Å². The van der Waals surface area contributed by atoms with E-state index in [-0.39, 0.29) is 18.0 Å². The lowest BCUT2D eigenvalue weighted by molar-refractivity contribution is -0.193. The van der Waals surface area contributed by atoms with Crippen LogP contribution < -0.4 is 10.1 Å². The number of aliphatic carboxylic acids is 2. The second-order valence-corrected chi connectivity index (χ2v) is 8.23. The predicted octanol–water partition coefficient (Wildman–Crippen LogP) is 3.27. The van der Waals surface area contributed by atoms with Crippen LogP contribution in [0.4, 0.5) is 26.3 Å². The Bertz CT molecular complexity index is 1110. The molecule has 3 rings (SSSR count). The Morgan fingerprint density at radius 1 is 1.10 bits per heavy atom. The first-order valence-corrected chi connectivity index (χ1v) is 11.1. The molecule has 1 amide bonds. The Labute approximate surface area is 218 Å². The van der Waals surface area contributed by atoms with Gasteiger partial charge in [0, 0.05) is 43.6 Å². The summed E-state index contributed by atoms with van der Waals surface area (Å²) < 4.78 is 70.9. The number of carboxylic acid groups (broad SMARTS) is 2. The van der Waals surface area contributed by atoms with Crippen molar-refractivity contribution in [3.8, 4) is 5.88 Å². The first kappa shape index (κ1) is 33.1. The quantitative estimate of drug-likeness (QED) is 0.460. The first-order valence-electron chi connectivity index (χ1n) is 11.1. The molecule has 0 spiro atoms. The van der Waals surface area contributed by atoms with Crippen LogP contribution >= 0.6 is 0 Å². The fourth-order valence-electron chi connectivity index (χ4n) is 3.14. The largest absolute Gasteiger partial charge is 0.490 e. The molecule has 3 N–H and O–H groups in total. The lowest BCUT2D eigenvalue weighted by Gasteiger charge is -2.33. The van der Waals surface area contributed by atoms with E-state index >= 15 is 0 Å². The summed E-state index contributed by atoms with van der Waals surface area (Å²) in [4.78, 5) is 41.2. The number of pyridine rings is 1. The monoisotopic (exact) mass is 571 g/mol. The molecule has 0 radical (unpaired) electrons. The van der Waals surface area contributed by atoms with Crippen LogP contribution in [0.5, 0.6) is 5.88 Å². The molecule has 1 unspecified atom stereocenters. The molecule has 3 heterocycles. The van der Waals surface area contributed by atoms with Crippen molar-refractivity contribution < 1.29 is 55.7 Å². The molecule has 39 heavy (non-hydrogen) atoms. The molecule has 0 saturated carbocycles. The maximum Gasteiger partial charge on any atom is 0.490 e. The van der Waals surface area contributed by atoms with E-state index in [1.165, 1.54) is 0 Å². The van der Waals surface area contributed by atoms with Crippen molar-refractivity contribution >= 4 is 17.8 Å². The molecule has 218 valence electrons. The zero-order chi connectivity index (χ0) is 30.1. The Balaban J connectivity index is 0.000000449. The number of carbonyl (C=O) groups is 3. The molecule has 2 aromatic heterocycles. The number of carbonyl (C=O) groups excluding carboxylic acids is 1. The third kappa shape index (κ3) is 10.4. The number of amides is 1. The highest BCUT2D eigenvalue weighted by atomic mass is 19.4. The number of rotatable bonds is 5. The van der Waals surface area contributed by atoms with E-state index in [0.29, 0.717) is 11.6 Å². The summed E-state index contributed by atoms with van der Waals surface area (Å²) in [6.45, 7) is 8.43. The van der Waals surface area contributed by atoms with E-state index in [1.54, 1.807) is 13.3 Å². The Morgan fingerprint density at radius 2 is 1.64 bits per heavy atom. The van der Waals surface area contributed by atoms with Gasteiger partial charge in [-0.05, 0) is 26.8 Å². The van der Waals surface area contributed by atoms with E-state index in [1.807, 2.05) is 32.2 Å². The highest BCUT2D eigenvalue weighted by molar-refractivity contribution is 5.92. The third-order valence-corrected chi connectivity index (χ3v) is 4.91. The van der Waals surface area contributed by atoms with Gasteiger partial charge in [-0.25, -0.2) is 19.6 Å². The van der Waals surface area contributed by atoms with E-state index in [4.69, 9.17) is 24.5 Å². The average molecular weight is 571 g/mol. The van der Waals surface area contributed by atoms with Gasteiger partial charge in [-0.2, -0.15) is 26.3 Å². The van der Waals surface area contributed by atoms with Crippen LogP contribution in [0, 0.1) is 0 Å². The van der Waals surface area contributed by atoms with Crippen LogP contribution in [0.15, 0.2) is 24.5 Å². The van der Waals surface area contributed by atoms with Crippen LogP contribution in [0.25, 0.3) is 0 Å². The fourth-order valence-corrected chi connectivity index (χ4v) is 3.14. The van der Waals surface area contributed by atoms with Gasteiger partial charge in [0.05, 0.1) is 13.2 Å². The van der Waals surface area contributed by atoms with Crippen LogP contribution in [0.3, 0.4) is 0 Å². The van der Waals surface area contributed by atoms with Crippen molar-refractivity contribution in [2.75, 3.05) is 13.7 Å². The van der Waals surface area contributed by atoms with Gasteiger partial charge in [-0.1, -0.05) is 6.07 Å². The maximum atomic E-state index is 12.2. The zero-order valence-electron chi connectivity index (χ0n) is 21.2. The SMILES string of the molecule is COc1ncccc1CN1CCn2cc(C(=O)NC(C)C)nc2C1C.O=C(O)C(F)(F)F.O=C(O)C(F)(F)F. The van der Waals surface area contributed by atoms with E-state index in [0.717, 1.165) is 31.0 Å². The molecule has 0 saturated heterocycles. The summed E-state index contributed by atoms with van der Waals surface area (Å²) in [6, 6.07) is 4.15. The van der Waals surface area contributed by atoms with Gasteiger partial charge in [0.15, 0.2) is 0 Å². The molecule has 0 fully saturated rings. The van der Waals surface area contributed by atoms with Crippen molar-refractivity contribution in [2.45, 2.75) is 58.3 Å². The third-order valence-electron chi connectivity index (χ3n) is 4.91. The molecule has 2 aromatic rings. The number of nitrogens with zero attached hydrogens (tertiary/aromatic N) is 4. The Hall–Kier alpha value is -3.89. The summed E-state index contributed by atoms with van der Waals surface area (Å²) in [7, 11) is 1.64. The number of alkyl halides is 6. The maximum absolute atomic E-state index is 12.2. The van der Waals surface area contributed by atoms with Crippen LogP contribution in [-0.2, 0) is 22.7 Å². The lowest BCUT2D eigenvalue weighted by atomic mass is 10.1. The molecule has 1 atom stereocenters. The molecule has 1 aliphatic heterocycles. The van der Waals surface area contributed by atoms with Crippen molar-refractivity contribution in [2.24, 2.45) is 0 Å². The predicted molar refractivity (Wildman–Crippen MR) is 122 cm³/mol. The van der Waals surface area contributed by atoms with Gasteiger partial charge >= 0.3 is 24.3 Å². The average Bonchev–Trinajstić information content (AvgIpc) is 3.26. The standard InChI is InChI=1S/C18H25N5O2.2C2HF3O2/c1-12(2)20-17(24)15-11-23-9-8-22(13(3)16(23)21-15)10-14-6-5-7-19-18(14)25-4;2*3-2(4,5)1(6)7/h5-7,11-13H,8-10H2,1-4H3,(H,20,24);2*(H,6,7). The van der Waals surface area contributed by atoms with Crippen LogP contribution in [-0.4, -0.2) is 79.5 Å². The van der Waals surface area contributed by atoms with Gasteiger partial charge < -0.3 is 24.8 Å². The van der Waals surface area contributed by atoms with Gasteiger partial charge in [-0.3, -0.25) is 9.69 Å². The number of carboxylic acids is 2. The van der Waals surface area contributed by atoms with Gasteiger partial charge in [0.1, 0.15) is 11.5 Å². The topological polar surface area (TPSA) is 147 Å². The summed E-state index contributed by atoms with van der Waals surface area (Å²) >= 11 is 0. The van der Waals surface area contributed by atoms with Crippen LogP contribution in [0.2, 0.25) is 0 Å². The van der Waals surface area contributed by atoms with Crippen molar-refractivity contribution in [1.82, 2.24) is 24.8 Å². The molecule has 0 aliphatic carbocycles. The van der Waals surface area contributed by atoms with Crippen LogP contribution in [0.1, 0.15) is 48.7 Å². The fraction of sp³-hybridized carbons (Fsp3) is 0.500. The Morgan fingerprint density at radius 3 is 2.10 bits per heavy atom.